The van der Waals surface area contributed by atoms with E-state index in [1.807, 2.05) is 12.2 Å². The summed E-state index contributed by atoms with van der Waals surface area (Å²) in [5.41, 5.74) is 1.71. The maximum atomic E-state index is 12.5. The molecule has 2 aliphatic rings. The summed E-state index contributed by atoms with van der Waals surface area (Å²) in [4.78, 5) is 11.7. The lowest BCUT2D eigenvalue weighted by molar-refractivity contribution is -0.339. The predicted molar refractivity (Wildman–Crippen MR) is 79.4 cm³/mol. The third-order valence-electron chi connectivity index (χ3n) is 4.11. The average Bonchev–Trinajstić information content (AvgIpc) is 2.48. The highest BCUT2D eigenvalue weighted by Gasteiger charge is 2.35. The fourth-order valence-electron chi connectivity index (χ4n) is 2.83. The van der Waals surface area contributed by atoms with Gasteiger partial charge < -0.3 is 4.74 Å². The second-order valence-corrected chi connectivity index (χ2v) is 5.82. The molecule has 0 aromatic heterocycles. The summed E-state index contributed by atoms with van der Waals surface area (Å²) in [5.74, 6) is -0.701. The first-order chi connectivity index (χ1) is 10.8. The zero-order valence-electron chi connectivity index (χ0n) is 13.2. The highest BCUT2D eigenvalue weighted by molar-refractivity contribution is 5.73. The average molecular weight is 330 g/mol. The smallest absolute Gasteiger partial charge is 0.466 e. The van der Waals surface area contributed by atoms with Gasteiger partial charge in [0.15, 0.2) is 0 Å². The number of hydrogen-bond donors (Lipinski definition) is 0. The molecule has 0 heterocycles. The van der Waals surface area contributed by atoms with Crippen LogP contribution in [0.2, 0.25) is 0 Å². The van der Waals surface area contributed by atoms with Gasteiger partial charge in [0.05, 0.1) is 18.6 Å². The van der Waals surface area contributed by atoms with Gasteiger partial charge in [0.2, 0.25) is 0 Å². The second-order valence-electron chi connectivity index (χ2n) is 5.82. The molecule has 0 N–H and O–H groups in total. The normalized spacial score (nSPS) is 28.1. The van der Waals surface area contributed by atoms with Crippen molar-refractivity contribution in [1.29, 1.82) is 0 Å². The number of esters is 1. The van der Waals surface area contributed by atoms with Crippen LogP contribution in [0.25, 0.3) is 0 Å². The van der Waals surface area contributed by atoms with Crippen molar-refractivity contribution >= 4 is 5.97 Å². The third kappa shape index (κ3) is 4.96. The quantitative estimate of drug-likeness (QED) is 0.721. The summed E-state index contributed by atoms with van der Waals surface area (Å²) < 4.78 is 46.5. The predicted octanol–water partition coefficient (Wildman–Crippen LogP) is 4.31. The van der Waals surface area contributed by atoms with Gasteiger partial charge in [0.25, 0.3) is 0 Å². The number of carbonyl (C=O) groups is 1. The molecule has 0 spiro atoms. The van der Waals surface area contributed by atoms with Crippen LogP contribution >= 0.6 is 0 Å². The molecule has 0 aromatic carbocycles. The fraction of sp³-hybridized carbons (Fsp3) is 0.588. The molecular formula is C17H21F3O3. The first-order valence-electron chi connectivity index (χ1n) is 7.80. The van der Waals surface area contributed by atoms with Gasteiger partial charge >= 0.3 is 12.3 Å². The van der Waals surface area contributed by atoms with E-state index < -0.39 is 12.5 Å². The van der Waals surface area contributed by atoms with E-state index in [2.05, 4.69) is 4.74 Å². The van der Waals surface area contributed by atoms with Crippen molar-refractivity contribution in [1.82, 2.24) is 0 Å². The summed E-state index contributed by atoms with van der Waals surface area (Å²) in [7, 11) is 0. The zero-order chi connectivity index (χ0) is 17.0. The largest absolute Gasteiger partial charge is 0.523 e. The summed E-state index contributed by atoms with van der Waals surface area (Å²) in [5, 5.41) is 0. The Kier molecular flexibility index (Phi) is 5.68. The number of halogens is 3. The molecule has 0 saturated carbocycles. The van der Waals surface area contributed by atoms with Crippen molar-refractivity contribution in [3.8, 4) is 0 Å². The number of carbonyl (C=O) groups excluding carboxylic acids is 1. The number of hydrogen-bond acceptors (Lipinski definition) is 3. The van der Waals surface area contributed by atoms with Crippen LogP contribution in [0.15, 0.2) is 35.5 Å². The van der Waals surface area contributed by atoms with Crippen LogP contribution in [-0.4, -0.2) is 25.0 Å². The zero-order valence-corrected chi connectivity index (χ0v) is 13.2. The van der Waals surface area contributed by atoms with E-state index in [1.54, 1.807) is 19.9 Å². The molecule has 0 aliphatic heterocycles. The molecule has 0 bridgehead atoms. The van der Waals surface area contributed by atoms with Crippen LogP contribution in [0.3, 0.4) is 0 Å². The lowest BCUT2D eigenvalue weighted by Gasteiger charge is -2.27. The van der Waals surface area contributed by atoms with Crippen molar-refractivity contribution in [3.05, 3.63) is 35.5 Å². The molecule has 2 aliphatic carbocycles. The van der Waals surface area contributed by atoms with Crippen molar-refractivity contribution in [2.45, 2.75) is 45.6 Å². The van der Waals surface area contributed by atoms with Gasteiger partial charge in [0, 0.05) is 5.92 Å². The van der Waals surface area contributed by atoms with Crippen molar-refractivity contribution in [3.63, 3.8) is 0 Å². The maximum absolute atomic E-state index is 12.5. The Labute approximate surface area is 133 Å². The first kappa shape index (κ1) is 17.8. The Balaban J connectivity index is 2.05. The molecule has 0 amide bonds. The standard InChI is InChI=1S/C17H21F3O3/c1-3-22-16(21)13-8-6-12(7-9-13)14-5-4-11(2)15(10-14)23-17(18,19)20/h4-6,10-11,13,15H,3,7-9H2,1-2H3. The SMILES string of the molecule is CCOC(=O)C1CC=C(C2=CC(OC(F)(F)F)C(C)C=C2)CC1. The van der Waals surface area contributed by atoms with E-state index in [1.165, 1.54) is 6.08 Å². The molecule has 0 fully saturated rings. The Morgan fingerprint density at radius 3 is 2.70 bits per heavy atom. The van der Waals surface area contributed by atoms with Gasteiger partial charge in [0.1, 0.15) is 0 Å². The Bertz CT molecular complexity index is 532. The van der Waals surface area contributed by atoms with Crippen molar-refractivity contribution < 1.29 is 27.4 Å². The van der Waals surface area contributed by atoms with Crippen LogP contribution in [0, 0.1) is 11.8 Å². The van der Waals surface area contributed by atoms with Gasteiger partial charge in [-0.05, 0) is 43.4 Å². The van der Waals surface area contributed by atoms with Gasteiger partial charge in [-0.3, -0.25) is 9.53 Å². The van der Waals surface area contributed by atoms with Crippen LogP contribution in [0.5, 0.6) is 0 Å². The molecule has 3 nitrogen and oxygen atoms in total. The summed E-state index contributed by atoms with van der Waals surface area (Å²) >= 11 is 0. The maximum Gasteiger partial charge on any atom is 0.523 e. The molecule has 0 aromatic rings. The highest BCUT2D eigenvalue weighted by Crippen LogP contribution is 2.34. The summed E-state index contributed by atoms with van der Waals surface area (Å²) in [6.45, 7) is 3.81. The minimum atomic E-state index is -4.65. The van der Waals surface area contributed by atoms with Crippen LogP contribution in [0.1, 0.15) is 33.1 Å². The van der Waals surface area contributed by atoms with Gasteiger partial charge in [-0.2, -0.15) is 0 Å². The summed E-state index contributed by atoms with van der Waals surface area (Å²) in [6.07, 6.45) is 3.18. The topological polar surface area (TPSA) is 35.5 Å². The molecule has 0 saturated heterocycles. The molecule has 2 rings (SSSR count). The van der Waals surface area contributed by atoms with E-state index in [0.29, 0.717) is 25.9 Å². The number of alkyl halides is 3. The number of allylic oxidation sites excluding steroid dienone is 4. The lowest BCUT2D eigenvalue weighted by Crippen LogP contribution is -2.29. The minimum absolute atomic E-state index is 0.159. The Morgan fingerprint density at radius 2 is 2.13 bits per heavy atom. The first-order valence-corrected chi connectivity index (χ1v) is 7.80. The molecule has 128 valence electrons. The molecular weight excluding hydrogens is 309 g/mol. The fourth-order valence-corrected chi connectivity index (χ4v) is 2.83. The summed E-state index contributed by atoms with van der Waals surface area (Å²) in [6, 6.07) is 0. The second kappa shape index (κ2) is 7.34. The molecule has 0 radical (unpaired) electrons. The van der Waals surface area contributed by atoms with E-state index in [4.69, 9.17) is 4.74 Å². The monoisotopic (exact) mass is 330 g/mol. The highest BCUT2D eigenvalue weighted by atomic mass is 19.4. The number of ether oxygens (including phenoxy) is 2. The lowest BCUT2D eigenvalue weighted by atomic mass is 9.83. The minimum Gasteiger partial charge on any atom is -0.466 e. The third-order valence-corrected chi connectivity index (χ3v) is 4.11. The van der Waals surface area contributed by atoms with Crippen molar-refractivity contribution in [2.75, 3.05) is 6.61 Å². The molecule has 3 atom stereocenters. The molecule has 6 heteroatoms. The van der Waals surface area contributed by atoms with E-state index in [-0.39, 0.29) is 17.8 Å². The van der Waals surface area contributed by atoms with Gasteiger partial charge in [-0.15, -0.1) is 13.2 Å². The van der Waals surface area contributed by atoms with E-state index in [9.17, 15) is 18.0 Å². The van der Waals surface area contributed by atoms with E-state index in [0.717, 1.165) is 11.1 Å². The molecule has 23 heavy (non-hydrogen) atoms. The Hall–Kier alpha value is -1.56. The number of rotatable bonds is 4. The van der Waals surface area contributed by atoms with Crippen molar-refractivity contribution in [2.24, 2.45) is 11.8 Å². The molecule has 3 unspecified atom stereocenters. The Morgan fingerprint density at radius 1 is 1.39 bits per heavy atom. The van der Waals surface area contributed by atoms with Crippen LogP contribution in [0.4, 0.5) is 13.2 Å². The van der Waals surface area contributed by atoms with Crippen LogP contribution < -0.4 is 0 Å². The van der Waals surface area contributed by atoms with Crippen LogP contribution in [-0.2, 0) is 14.3 Å². The van der Waals surface area contributed by atoms with E-state index >= 15 is 0 Å². The van der Waals surface area contributed by atoms with Gasteiger partial charge in [-0.25, -0.2) is 0 Å². The van der Waals surface area contributed by atoms with Gasteiger partial charge in [-0.1, -0.05) is 25.2 Å².